The minimum Gasteiger partial charge on any atom is -0.508 e. The van der Waals surface area contributed by atoms with E-state index in [0.717, 1.165) is 5.71 Å². The summed E-state index contributed by atoms with van der Waals surface area (Å²) in [5.41, 5.74) is 1.89. The first kappa shape index (κ1) is 16.8. The molecule has 0 aliphatic heterocycles. The van der Waals surface area contributed by atoms with Gasteiger partial charge in [0.25, 0.3) is 0 Å². The van der Waals surface area contributed by atoms with E-state index in [1.165, 1.54) is 12.1 Å². The summed E-state index contributed by atoms with van der Waals surface area (Å²) < 4.78 is 0. The number of amides is 1. The molecule has 0 aromatic heterocycles. The number of hydrogen-bond donors (Lipinski definition) is 3. The molecular weight excluding hydrogens is 268 g/mol. The average molecular weight is 290 g/mol. The summed E-state index contributed by atoms with van der Waals surface area (Å²) in [6.07, 6.45) is 1.39. The summed E-state index contributed by atoms with van der Waals surface area (Å²) in [7, 11) is 0. The van der Waals surface area contributed by atoms with Crippen LogP contribution in [0.25, 0.3) is 0 Å². The van der Waals surface area contributed by atoms with Gasteiger partial charge in [-0.25, -0.2) is 0 Å². The van der Waals surface area contributed by atoms with E-state index in [4.69, 9.17) is 0 Å². The Morgan fingerprint density at radius 1 is 1.38 bits per heavy atom. The van der Waals surface area contributed by atoms with Crippen LogP contribution in [0, 0.1) is 0 Å². The van der Waals surface area contributed by atoms with Crippen LogP contribution in [-0.4, -0.2) is 34.9 Å². The van der Waals surface area contributed by atoms with E-state index in [1.807, 2.05) is 6.92 Å². The predicted octanol–water partition coefficient (Wildman–Crippen LogP) is 2.38. The van der Waals surface area contributed by atoms with Crippen molar-refractivity contribution in [3.05, 3.63) is 35.9 Å². The molecule has 0 heterocycles. The molecule has 1 amide bonds. The number of carbonyl (C=O) groups excluding carboxylic acids is 1. The maximum atomic E-state index is 11.3. The summed E-state index contributed by atoms with van der Waals surface area (Å²) >= 11 is 0. The van der Waals surface area contributed by atoms with E-state index < -0.39 is 0 Å². The number of phenols is 2. The molecule has 0 unspecified atom stereocenters. The molecule has 0 fully saturated rings. The Hall–Kier alpha value is -2.30. The standard InChI is InChI=1S/C16H22N2O3/c1-4-14(13-7-6-12(19)10-15(13)20)17-8-5-9-18-16(21)11(2)3/h6-7,10,19-20H,2,4-5,8-9H2,1,3H3,(H,18,21)/b17-14+. The summed E-state index contributed by atoms with van der Waals surface area (Å²) in [5.74, 6) is -0.105. The first-order chi connectivity index (χ1) is 9.95. The summed E-state index contributed by atoms with van der Waals surface area (Å²) in [6.45, 7) is 8.27. The van der Waals surface area contributed by atoms with Gasteiger partial charge in [0.05, 0.1) is 0 Å². The lowest BCUT2D eigenvalue weighted by atomic mass is 10.1. The quantitative estimate of drug-likeness (QED) is 0.409. The van der Waals surface area contributed by atoms with E-state index in [9.17, 15) is 15.0 Å². The predicted molar refractivity (Wildman–Crippen MR) is 83.9 cm³/mol. The number of carbonyl (C=O) groups is 1. The molecule has 5 heteroatoms. The first-order valence-corrected chi connectivity index (χ1v) is 6.95. The van der Waals surface area contributed by atoms with Gasteiger partial charge >= 0.3 is 0 Å². The molecule has 0 saturated carbocycles. The molecule has 3 N–H and O–H groups in total. The molecule has 0 aliphatic carbocycles. The maximum absolute atomic E-state index is 11.3. The number of rotatable bonds is 7. The third kappa shape index (κ3) is 5.30. The number of aliphatic imine (C=N–C) groups is 1. The van der Waals surface area contributed by atoms with Crippen LogP contribution in [0.1, 0.15) is 32.3 Å². The van der Waals surface area contributed by atoms with E-state index in [-0.39, 0.29) is 17.4 Å². The molecule has 0 atom stereocenters. The van der Waals surface area contributed by atoms with Crippen LogP contribution in [-0.2, 0) is 4.79 Å². The Morgan fingerprint density at radius 3 is 2.67 bits per heavy atom. The highest BCUT2D eigenvalue weighted by molar-refractivity contribution is 6.02. The Kier molecular flexibility index (Phi) is 6.46. The van der Waals surface area contributed by atoms with Gasteiger partial charge in [-0.2, -0.15) is 0 Å². The molecule has 114 valence electrons. The van der Waals surface area contributed by atoms with Gasteiger partial charge in [0.2, 0.25) is 5.91 Å². The van der Waals surface area contributed by atoms with E-state index in [2.05, 4.69) is 16.9 Å². The maximum Gasteiger partial charge on any atom is 0.246 e. The van der Waals surface area contributed by atoms with Gasteiger partial charge in [-0.15, -0.1) is 0 Å². The van der Waals surface area contributed by atoms with Crippen molar-refractivity contribution in [2.45, 2.75) is 26.7 Å². The minimum absolute atomic E-state index is 0.0196. The highest BCUT2D eigenvalue weighted by atomic mass is 16.3. The minimum atomic E-state index is -0.147. The van der Waals surface area contributed by atoms with Crippen molar-refractivity contribution in [1.29, 1.82) is 0 Å². The summed E-state index contributed by atoms with van der Waals surface area (Å²) in [4.78, 5) is 15.7. The normalized spacial score (nSPS) is 11.2. The smallest absolute Gasteiger partial charge is 0.246 e. The number of aromatic hydroxyl groups is 2. The molecule has 0 radical (unpaired) electrons. The van der Waals surface area contributed by atoms with Crippen LogP contribution in [0.3, 0.4) is 0 Å². The van der Waals surface area contributed by atoms with E-state index >= 15 is 0 Å². The Labute approximate surface area is 125 Å². The Bertz CT molecular complexity index is 550. The van der Waals surface area contributed by atoms with Crippen LogP contribution >= 0.6 is 0 Å². The van der Waals surface area contributed by atoms with Gasteiger partial charge < -0.3 is 15.5 Å². The molecular formula is C16H22N2O3. The Balaban J connectivity index is 2.56. The summed E-state index contributed by atoms with van der Waals surface area (Å²) in [6, 6.07) is 4.47. The number of benzene rings is 1. The number of nitrogens with zero attached hydrogens (tertiary/aromatic N) is 1. The summed E-state index contributed by atoms with van der Waals surface area (Å²) in [5, 5.41) is 21.9. The SMILES string of the molecule is C=C(C)C(=O)NCCC/N=C(\CC)c1ccc(O)cc1O. The van der Waals surface area contributed by atoms with Crippen molar-refractivity contribution in [2.75, 3.05) is 13.1 Å². The van der Waals surface area contributed by atoms with Crippen molar-refractivity contribution in [1.82, 2.24) is 5.32 Å². The second-order valence-corrected chi connectivity index (χ2v) is 4.77. The van der Waals surface area contributed by atoms with Crippen LogP contribution in [0.15, 0.2) is 35.3 Å². The number of nitrogens with one attached hydrogen (secondary N) is 1. The molecule has 21 heavy (non-hydrogen) atoms. The Morgan fingerprint density at radius 2 is 2.10 bits per heavy atom. The third-order valence-corrected chi connectivity index (χ3v) is 2.94. The van der Waals surface area contributed by atoms with Gasteiger partial charge in [0.15, 0.2) is 0 Å². The second-order valence-electron chi connectivity index (χ2n) is 4.77. The van der Waals surface area contributed by atoms with Crippen molar-refractivity contribution in [3.8, 4) is 11.5 Å². The van der Waals surface area contributed by atoms with Gasteiger partial charge in [-0.05, 0) is 31.9 Å². The molecule has 1 aromatic rings. The molecule has 0 aliphatic rings. The lowest BCUT2D eigenvalue weighted by Crippen LogP contribution is -2.25. The zero-order chi connectivity index (χ0) is 15.8. The van der Waals surface area contributed by atoms with Crippen molar-refractivity contribution >= 4 is 11.6 Å². The molecule has 1 aromatic carbocycles. The fraction of sp³-hybridized carbons (Fsp3) is 0.375. The van der Waals surface area contributed by atoms with Gasteiger partial charge in [-0.3, -0.25) is 9.79 Å². The van der Waals surface area contributed by atoms with Gasteiger partial charge in [0.1, 0.15) is 11.5 Å². The van der Waals surface area contributed by atoms with Gasteiger partial charge in [-0.1, -0.05) is 13.5 Å². The van der Waals surface area contributed by atoms with Crippen molar-refractivity contribution in [2.24, 2.45) is 4.99 Å². The zero-order valence-corrected chi connectivity index (χ0v) is 12.5. The lowest BCUT2D eigenvalue weighted by molar-refractivity contribution is -0.117. The van der Waals surface area contributed by atoms with Crippen molar-refractivity contribution < 1.29 is 15.0 Å². The van der Waals surface area contributed by atoms with Crippen LogP contribution in [0.4, 0.5) is 0 Å². The van der Waals surface area contributed by atoms with Gasteiger partial charge in [0, 0.05) is 36.0 Å². The molecule has 0 bridgehead atoms. The van der Waals surface area contributed by atoms with Crippen LogP contribution in [0.2, 0.25) is 0 Å². The van der Waals surface area contributed by atoms with E-state index in [1.54, 1.807) is 13.0 Å². The largest absolute Gasteiger partial charge is 0.508 e. The molecule has 0 saturated heterocycles. The van der Waals surface area contributed by atoms with Crippen LogP contribution in [0.5, 0.6) is 11.5 Å². The van der Waals surface area contributed by atoms with E-state index in [0.29, 0.717) is 37.1 Å². The fourth-order valence-corrected chi connectivity index (χ4v) is 1.80. The molecule has 0 spiro atoms. The third-order valence-electron chi connectivity index (χ3n) is 2.94. The lowest BCUT2D eigenvalue weighted by Gasteiger charge is -2.08. The number of hydrogen-bond acceptors (Lipinski definition) is 4. The first-order valence-electron chi connectivity index (χ1n) is 6.95. The molecule has 1 rings (SSSR count). The fourth-order valence-electron chi connectivity index (χ4n) is 1.80. The monoisotopic (exact) mass is 290 g/mol. The highest BCUT2D eigenvalue weighted by Gasteiger charge is 2.07. The average Bonchev–Trinajstić information content (AvgIpc) is 2.43. The molecule has 5 nitrogen and oxygen atoms in total. The highest BCUT2D eigenvalue weighted by Crippen LogP contribution is 2.24. The topological polar surface area (TPSA) is 81.9 Å². The van der Waals surface area contributed by atoms with Crippen molar-refractivity contribution in [3.63, 3.8) is 0 Å². The second kappa shape index (κ2) is 8.09. The number of phenolic OH excluding ortho intramolecular Hbond substituents is 2. The zero-order valence-electron chi connectivity index (χ0n) is 12.5. The van der Waals surface area contributed by atoms with Crippen LogP contribution < -0.4 is 5.32 Å².